The highest BCUT2D eigenvalue weighted by molar-refractivity contribution is 7.91. The van der Waals surface area contributed by atoms with Gasteiger partial charge in [0.05, 0.1) is 0 Å². The van der Waals surface area contributed by atoms with Crippen LogP contribution in [0.4, 0.5) is 0 Å². The van der Waals surface area contributed by atoms with Crippen LogP contribution in [0.1, 0.15) is 23.4 Å². The van der Waals surface area contributed by atoms with E-state index in [9.17, 15) is 13.5 Å². The van der Waals surface area contributed by atoms with Crippen molar-refractivity contribution >= 4 is 21.4 Å². The Morgan fingerprint density at radius 2 is 1.75 bits per heavy atom. The summed E-state index contributed by atoms with van der Waals surface area (Å²) in [6.45, 7) is 3.71. The Kier molecular flexibility index (Phi) is 4.17. The topological polar surface area (TPSA) is 57.6 Å². The molecule has 6 heteroatoms. The van der Waals surface area contributed by atoms with Crippen molar-refractivity contribution in [2.75, 3.05) is 7.05 Å². The molecule has 20 heavy (non-hydrogen) atoms. The summed E-state index contributed by atoms with van der Waals surface area (Å²) in [6, 6.07) is 9.70. The van der Waals surface area contributed by atoms with E-state index in [0.717, 1.165) is 10.4 Å². The van der Waals surface area contributed by atoms with Crippen molar-refractivity contribution in [2.45, 2.75) is 24.1 Å². The Morgan fingerprint density at radius 1 is 1.15 bits per heavy atom. The maximum absolute atomic E-state index is 12.5. The molecule has 4 nitrogen and oxygen atoms in total. The van der Waals surface area contributed by atoms with Gasteiger partial charge in [0.1, 0.15) is 9.96 Å². The summed E-state index contributed by atoms with van der Waals surface area (Å²) < 4.78 is 26.7. The van der Waals surface area contributed by atoms with E-state index in [0.29, 0.717) is 4.21 Å². The Balaban J connectivity index is 2.30. The minimum absolute atomic E-state index is 0.167. The van der Waals surface area contributed by atoms with Crippen molar-refractivity contribution < 1.29 is 13.5 Å². The molecule has 1 N–H and O–H groups in total. The SMILES string of the molecule is Cc1ccc(S(=O)(=O)N(C)C(C)c2ccc(O)cc2)s1. The fraction of sp³-hybridized carbons (Fsp3) is 0.286. The highest BCUT2D eigenvalue weighted by Gasteiger charge is 2.27. The zero-order valence-electron chi connectivity index (χ0n) is 11.6. The molecule has 0 saturated heterocycles. The molecular weight excluding hydrogens is 294 g/mol. The van der Waals surface area contributed by atoms with E-state index in [4.69, 9.17) is 0 Å². The first kappa shape index (κ1) is 15.0. The van der Waals surface area contributed by atoms with E-state index in [2.05, 4.69) is 0 Å². The zero-order valence-corrected chi connectivity index (χ0v) is 13.2. The largest absolute Gasteiger partial charge is 0.508 e. The van der Waals surface area contributed by atoms with Gasteiger partial charge in [0.15, 0.2) is 0 Å². The van der Waals surface area contributed by atoms with Crippen molar-refractivity contribution in [2.24, 2.45) is 0 Å². The summed E-state index contributed by atoms with van der Waals surface area (Å²) in [6.07, 6.45) is 0. The normalized spacial score (nSPS) is 13.6. The van der Waals surface area contributed by atoms with Gasteiger partial charge in [-0.05, 0) is 43.7 Å². The molecule has 0 amide bonds. The molecule has 0 bridgehead atoms. The van der Waals surface area contributed by atoms with Gasteiger partial charge < -0.3 is 5.11 Å². The van der Waals surface area contributed by atoms with Gasteiger partial charge in [0.2, 0.25) is 0 Å². The molecule has 0 aliphatic heterocycles. The summed E-state index contributed by atoms with van der Waals surface area (Å²) in [5.41, 5.74) is 0.835. The van der Waals surface area contributed by atoms with E-state index in [1.165, 1.54) is 15.6 Å². The standard InChI is InChI=1S/C14H17NO3S2/c1-10-4-9-14(19-10)20(17,18)15(3)11(2)12-5-7-13(16)8-6-12/h4-9,11,16H,1-3H3. The van der Waals surface area contributed by atoms with Crippen LogP contribution < -0.4 is 0 Å². The summed E-state index contributed by atoms with van der Waals surface area (Å²) in [5, 5.41) is 9.29. The summed E-state index contributed by atoms with van der Waals surface area (Å²) in [4.78, 5) is 0.967. The van der Waals surface area contributed by atoms with Gasteiger partial charge in [0.25, 0.3) is 10.0 Å². The van der Waals surface area contributed by atoms with Crippen molar-refractivity contribution in [3.8, 4) is 5.75 Å². The third-order valence-corrected chi connectivity index (χ3v) is 6.67. The number of sulfonamides is 1. The van der Waals surface area contributed by atoms with Crippen molar-refractivity contribution in [1.82, 2.24) is 4.31 Å². The predicted octanol–water partition coefficient (Wildman–Crippen LogP) is 3.14. The highest BCUT2D eigenvalue weighted by Crippen LogP contribution is 2.29. The smallest absolute Gasteiger partial charge is 0.252 e. The van der Waals surface area contributed by atoms with E-state index in [1.54, 1.807) is 43.4 Å². The number of hydrogen-bond donors (Lipinski definition) is 1. The van der Waals surface area contributed by atoms with Crippen LogP contribution in [0.15, 0.2) is 40.6 Å². The number of aryl methyl sites for hydroxylation is 1. The minimum atomic E-state index is -3.49. The number of aromatic hydroxyl groups is 1. The number of benzene rings is 1. The molecule has 1 unspecified atom stereocenters. The second-order valence-electron chi connectivity index (χ2n) is 4.65. The number of phenolic OH excluding ortho intramolecular Hbond substituents is 1. The highest BCUT2D eigenvalue weighted by atomic mass is 32.2. The molecule has 0 spiro atoms. The Hall–Kier alpha value is -1.37. The number of nitrogens with zero attached hydrogens (tertiary/aromatic N) is 1. The van der Waals surface area contributed by atoms with Crippen molar-refractivity contribution in [3.05, 3.63) is 46.8 Å². The van der Waals surface area contributed by atoms with E-state index < -0.39 is 10.0 Å². The fourth-order valence-corrected chi connectivity index (χ4v) is 4.68. The molecule has 0 aliphatic carbocycles. The molecule has 0 saturated carbocycles. The first-order valence-corrected chi connectivity index (χ1v) is 8.41. The van der Waals surface area contributed by atoms with Gasteiger partial charge in [-0.1, -0.05) is 12.1 Å². The molecule has 108 valence electrons. The first-order chi connectivity index (χ1) is 9.32. The monoisotopic (exact) mass is 311 g/mol. The first-order valence-electron chi connectivity index (χ1n) is 6.16. The lowest BCUT2D eigenvalue weighted by Crippen LogP contribution is -2.29. The van der Waals surface area contributed by atoms with Crippen LogP contribution in [0.3, 0.4) is 0 Å². The van der Waals surface area contributed by atoms with Crippen LogP contribution in [0, 0.1) is 6.92 Å². The van der Waals surface area contributed by atoms with Crippen molar-refractivity contribution in [1.29, 1.82) is 0 Å². The third-order valence-electron chi connectivity index (χ3n) is 3.27. The maximum Gasteiger partial charge on any atom is 0.252 e. The van der Waals surface area contributed by atoms with Gasteiger partial charge in [-0.3, -0.25) is 0 Å². The fourth-order valence-electron chi connectivity index (χ4n) is 1.86. The lowest BCUT2D eigenvalue weighted by atomic mass is 10.1. The van der Waals surface area contributed by atoms with Gasteiger partial charge in [-0.2, -0.15) is 4.31 Å². The number of hydrogen-bond acceptors (Lipinski definition) is 4. The van der Waals surface area contributed by atoms with Gasteiger partial charge in [0, 0.05) is 18.0 Å². The molecule has 2 rings (SSSR count). The van der Waals surface area contributed by atoms with Crippen molar-refractivity contribution in [3.63, 3.8) is 0 Å². The molecule has 1 aromatic heterocycles. The maximum atomic E-state index is 12.5. The van der Waals surface area contributed by atoms with Gasteiger partial charge in [-0.25, -0.2) is 8.42 Å². The number of thiophene rings is 1. The second-order valence-corrected chi connectivity index (χ2v) is 8.17. The molecule has 0 aliphatic rings. The Labute approximate surface area is 123 Å². The van der Waals surface area contributed by atoms with Gasteiger partial charge >= 0.3 is 0 Å². The summed E-state index contributed by atoms with van der Waals surface area (Å²) in [5.74, 6) is 0.167. The average Bonchev–Trinajstić information content (AvgIpc) is 2.85. The predicted molar refractivity (Wildman–Crippen MR) is 80.5 cm³/mol. The molecule has 1 atom stereocenters. The van der Waals surface area contributed by atoms with Crippen LogP contribution in [0.5, 0.6) is 5.75 Å². The zero-order chi connectivity index (χ0) is 14.9. The lowest BCUT2D eigenvalue weighted by molar-refractivity contribution is 0.399. The molecule has 1 aromatic carbocycles. The number of phenols is 1. The van der Waals surface area contributed by atoms with Gasteiger partial charge in [-0.15, -0.1) is 11.3 Å². The number of rotatable bonds is 4. The minimum Gasteiger partial charge on any atom is -0.508 e. The molecule has 1 heterocycles. The Bertz CT molecular complexity index is 689. The van der Waals surface area contributed by atoms with E-state index in [1.807, 2.05) is 13.8 Å². The lowest BCUT2D eigenvalue weighted by Gasteiger charge is -2.24. The Morgan fingerprint density at radius 3 is 2.25 bits per heavy atom. The van der Waals surface area contributed by atoms with Crippen LogP contribution >= 0.6 is 11.3 Å². The molecule has 2 aromatic rings. The van der Waals surface area contributed by atoms with E-state index in [-0.39, 0.29) is 11.8 Å². The van der Waals surface area contributed by atoms with Crippen LogP contribution in [-0.2, 0) is 10.0 Å². The van der Waals surface area contributed by atoms with Crippen LogP contribution in [-0.4, -0.2) is 24.9 Å². The molecule has 0 fully saturated rings. The van der Waals surface area contributed by atoms with E-state index >= 15 is 0 Å². The second kappa shape index (κ2) is 5.55. The summed E-state index contributed by atoms with van der Waals surface area (Å²) in [7, 11) is -1.91. The average molecular weight is 311 g/mol. The molecular formula is C14H17NO3S2. The van der Waals surface area contributed by atoms with Crippen LogP contribution in [0.25, 0.3) is 0 Å². The van der Waals surface area contributed by atoms with Crippen LogP contribution in [0.2, 0.25) is 0 Å². The quantitative estimate of drug-likeness (QED) is 0.943. The third kappa shape index (κ3) is 2.87. The summed E-state index contributed by atoms with van der Waals surface area (Å²) >= 11 is 1.27. The molecule has 0 radical (unpaired) electrons.